The van der Waals surface area contributed by atoms with E-state index in [4.69, 9.17) is 0 Å². The third kappa shape index (κ3) is 6.00. The number of hydrogen-bond acceptors (Lipinski definition) is 3. The van der Waals surface area contributed by atoms with Gasteiger partial charge in [-0.05, 0) is 36.6 Å². The van der Waals surface area contributed by atoms with Crippen LogP contribution >= 0.6 is 0 Å². The van der Waals surface area contributed by atoms with E-state index in [1.165, 1.54) is 12.1 Å². The molecule has 2 amide bonds. The van der Waals surface area contributed by atoms with E-state index in [0.29, 0.717) is 5.56 Å². The second kappa shape index (κ2) is 8.77. The highest BCUT2D eigenvalue weighted by atomic mass is 19.4. The molecule has 1 atom stereocenters. The molecule has 2 rings (SSSR count). The van der Waals surface area contributed by atoms with Crippen LogP contribution in [-0.4, -0.2) is 24.2 Å². The average molecular weight is 394 g/mol. The van der Waals surface area contributed by atoms with Crippen LogP contribution in [-0.2, 0) is 4.79 Å². The summed E-state index contributed by atoms with van der Waals surface area (Å²) in [7, 11) is 0. The highest BCUT2D eigenvalue weighted by molar-refractivity contribution is 6.01. The molecular formula is C20H21F3N2O3. The van der Waals surface area contributed by atoms with Crippen LogP contribution < -0.4 is 15.4 Å². The van der Waals surface area contributed by atoms with Crippen molar-refractivity contribution >= 4 is 17.5 Å². The third-order valence-electron chi connectivity index (χ3n) is 3.96. The molecule has 2 aromatic carbocycles. The van der Waals surface area contributed by atoms with Gasteiger partial charge in [-0.3, -0.25) is 9.59 Å². The van der Waals surface area contributed by atoms with Crippen molar-refractivity contribution in [3.05, 3.63) is 59.7 Å². The molecule has 150 valence electrons. The van der Waals surface area contributed by atoms with E-state index >= 15 is 0 Å². The summed E-state index contributed by atoms with van der Waals surface area (Å²) >= 11 is 0. The Morgan fingerprint density at radius 3 is 2.32 bits per heavy atom. The molecule has 2 N–H and O–H groups in total. The van der Waals surface area contributed by atoms with Crippen molar-refractivity contribution < 1.29 is 27.5 Å². The molecular weight excluding hydrogens is 373 g/mol. The van der Waals surface area contributed by atoms with Crippen molar-refractivity contribution in [2.45, 2.75) is 33.2 Å². The van der Waals surface area contributed by atoms with Crippen LogP contribution in [0, 0.1) is 12.8 Å². The molecule has 0 aliphatic carbocycles. The smallest absolute Gasteiger partial charge is 0.406 e. The summed E-state index contributed by atoms with van der Waals surface area (Å²) in [5.41, 5.74) is 1.34. The van der Waals surface area contributed by atoms with Gasteiger partial charge in [0.1, 0.15) is 11.8 Å². The molecule has 0 saturated carbocycles. The summed E-state index contributed by atoms with van der Waals surface area (Å²) in [6.45, 7) is 5.29. The number of halogens is 3. The Kier molecular flexibility index (Phi) is 6.66. The number of hydrogen-bond donors (Lipinski definition) is 2. The first-order valence-corrected chi connectivity index (χ1v) is 8.60. The maximum atomic E-state index is 12.6. The van der Waals surface area contributed by atoms with E-state index in [1.807, 2.05) is 0 Å². The maximum Gasteiger partial charge on any atom is 0.573 e. The highest BCUT2D eigenvalue weighted by Gasteiger charge is 2.31. The number of ether oxygens (including phenoxy) is 1. The van der Waals surface area contributed by atoms with E-state index in [2.05, 4.69) is 15.4 Å². The van der Waals surface area contributed by atoms with Crippen LogP contribution in [0.5, 0.6) is 5.75 Å². The standard InChI is InChI=1S/C20H21F3N2O3/c1-12(2)17(25-18(26)16-10-5-4-7-13(16)3)19(27)24-14-8-6-9-15(11-14)28-20(21,22)23/h4-12,17H,1-3H3,(H,24,27)(H,25,26). The number of benzene rings is 2. The van der Waals surface area contributed by atoms with Crippen LogP contribution in [0.4, 0.5) is 18.9 Å². The molecule has 28 heavy (non-hydrogen) atoms. The Bertz CT molecular complexity index is 851. The number of carbonyl (C=O) groups is 2. The summed E-state index contributed by atoms with van der Waals surface area (Å²) in [5.74, 6) is -1.64. The molecule has 8 heteroatoms. The average Bonchev–Trinajstić information content (AvgIpc) is 2.58. The van der Waals surface area contributed by atoms with Gasteiger partial charge in [0, 0.05) is 17.3 Å². The third-order valence-corrected chi connectivity index (χ3v) is 3.96. The summed E-state index contributed by atoms with van der Waals surface area (Å²) in [6.07, 6.45) is -4.83. The number of carbonyl (C=O) groups excluding carboxylic acids is 2. The SMILES string of the molecule is Cc1ccccc1C(=O)NC(C(=O)Nc1cccc(OC(F)(F)F)c1)C(C)C. The van der Waals surface area contributed by atoms with Crippen LogP contribution in [0.1, 0.15) is 29.8 Å². The first-order valence-electron chi connectivity index (χ1n) is 8.60. The Hall–Kier alpha value is -3.03. The Morgan fingerprint density at radius 2 is 1.71 bits per heavy atom. The summed E-state index contributed by atoms with van der Waals surface area (Å²) < 4.78 is 40.9. The number of rotatable bonds is 6. The van der Waals surface area contributed by atoms with Gasteiger partial charge in [-0.25, -0.2) is 0 Å². The minimum atomic E-state index is -4.83. The zero-order valence-corrected chi connectivity index (χ0v) is 15.6. The highest BCUT2D eigenvalue weighted by Crippen LogP contribution is 2.25. The predicted octanol–water partition coefficient (Wildman–Crippen LogP) is 4.29. The Balaban J connectivity index is 2.12. The Morgan fingerprint density at radius 1 is 1.04 bits per heavy atom. The lowest BCUT2D eigenvalue weighted by Crippen LogP contribution is -2.47. The molecule has 0 spiro atoms. The first kappa shape index (κ1) is 21.3. The number of anilines is 1. The normalized spacial score (nSPS) is 12.4. The lowest BCUT2D eigenvalue weighted by Gasteiger charge is -2.22. The van der Waals surface area contributed by atoms with Gasteiger partial charge < -0.3 is 15.4 Å². The van der Waals surface area contributed by atoms with Gasteiger partial charge >= 0.3 is 6.36 Å². The molecule has 0 aliphatic heterocycles. The van der Waals surface area contributed by atoms with Gasteiger partial charge in [-0.1, -0.05) is 38.1 Å². The number of alkyl halides is 3. The topological polar surface area (TPSA) is 67.4 Å². The quantitative estimate of drug-likeness (QED) is 0.768. The minimum absolute atomic E-state index is 0.127. The first-order chi connectivity index (χ1) is 13.1. The van der Waals surface area contributed by atoms with Crippen molar-refractivity contribution in [2.75, 3.05) is 5.32 Å². The monoisotopic (exact) mass is 394 g/mol. The van der Waals surface area contributed by atoms with E-state index in [1.54, 1.807) is 45.0 Å². The summed E-state index contributed by atoms with van der Waals surface area (Å²) in [4.78, 5) is 25.1. The zero-order chi connectivity index (χ0) is 20.9. The molecule has 0 fully saturated rings. The van der Waals surface area contributed by atoms with Gasteiger partial charge in [-0.2, -0.15) is 0 Å². The summed E-state index contributed by atoms with van der Waals surface area (Å²) in [5, 5.41) is 5.20. The molecule has 1 unspecified atom stereocenters. The van der Waals surface area contributed by atoms with E-state index in [0.717, 1.165) is 17.7 Å². The van der Waals surface area contributed by atoms with Gasteiger partial charge in [0.25, 0.3) is 5.91 Å². The van der Waals surface area contributed by atoms with Crippen molar-refractivity contribution in [1.82, 2.24) is 5.32 Å². The lowest BCUT2D eigenvalue weighted by molar-refractivity contribution is -0.274. The van der Waals surface area contributed by atoms with Gasteiger partial charge in [0.2, 0.25) is 5.91 Å². The molecule has 2 aromatic rings. The number of amides is 2. The van der Waals surface area contributed by atoms with Gasteiger partial charge in [0.05, 0.1) is 0 Å². The summed E-state index contributed by atoms with van der Waals surface area (Å²) in [6, 6.07) is 11.0. The van der Waals surface area contributed by atoms with Crippen LogP contribution in [0.15, 0.2) is 48.5 Å². The lowest BCUT2D eigenvalue weighted by atomic mass is 10.0. The second-order valence-electron chi connectivity index (χ2n) is 6.57. The number of aryl methyl sites for hydroxylation is 1. The molecule has 0 aliphatic rings. The predicted molar refractivity (Wildman–Crippen MR) is 99.0 cm³/mol. The fourth-order valence-electron chi connectivity index (χ4n) is 2.57. The van der Waals surface area contributed by atoms with Gasteiger partial charge in [-0.15, -0.1) is 13.2 Å². The minimum Gasteiger partial charge on any atom is -0.406 e. The maximum absolute atomic E-state index is 12.6. The van der Waals surface area contributed by atoms with Crippen molar-refractivity contribution in [3.63, 3.8) is 0 Å². The zero-order valence-electron chi connectivity index (χ0n) is 15.6. The second-order valence-corrected chi connectivity index (χ2v) is 6.57. The molecule has 0 saturated heterocycles. The molecule has 0 radical (unpaired) electrons. The molecule has 0 aromatic heterocycles. The van der Waals surface area contributed by atoms with Gasteiger partial charge in [0.15, 0.2) is 0 Å². The molecule has 5 nitrogen and oxygen atoms in total. The van der Waals surface area contributed by atoms with Crippen LogP contribution in [0.3, 0.4) is 0 Å². The molecule has 0 heterocycles. The van der Waals surface area contributed by atoms with E-state index in [-0.39, 0.29) is 11.6 Å². The van der Waals surface area contributed by atoms with Crippen molar-refractivity contribution in [3.8, 4) is 5.75 Å². The van der Waals surface area contributed by atoms with Crippen molar-refractivity contribution in [2.24, 2.45) is 5.92 Å². The van der Waals surface area contributed by atoms with E-state index in [9.17, 15) is 22.8 Å². The molecule has 0 bridgehead atoms. The van der Waals surface area contributed by atoms with Crippen molar-refractivity contribution in [1.29, 1.82) is 0 Å². The number of nitrogens with one attached hydrogen (secondary N) is 2. The van der Waals surface area contributed by atoms with Crippen LogP contribution in [0.2, 0.25) is 0 Å². The Labute approximate surface area is 160 Å². The fraction of sp³-hybridized carbons (Fsp3) is 0.300. The van der Waals surface area contributed by atoms with Crippen LogP contribution in [0.25, 0.3) is 0 Å². The fourth-order valence-corrected chi connectivity index (χ4v) is 2.57. The van der Waals surface area contributed by atoms with E-state index < -0.39 is 30.0 Å². The largest absolute Gasteiger partial charge is 0.573 e.